The molecule has 0 spiro atoms. The van der Waals surface area contributed by atoms with Crippen LogP contribution in [0.4, 0.5) is 16.4 Å². The quantitative estimate of drug-likeness (QED) is 0.453. The van der Waals surface area contributed by atoms with Crippen LogP contribution in [0.5, 0.6) is 0 Å². The van der Waals surface area contributed by atoms with Crippen LogP contribution in [-0.4, -0.2) is 23.1 Å². The molecule has 0 saturated carbocycles. The molecule has 122 valence electrons. The molecule has 2 rings (SSSR count). The van der Waals surface area contributed by atoms with E-state index < -0.39 is 21.2 Å². The Bertz CT molecular complexity index is 872. The number of anilines is 1. The number of nitrogens with zero attached hydrogens (tertiary/aromatic N) is 5. The fraction of sp³-hybridized carbons (Fsp3) is 0.0769. The summed E-state index contributed by atoms with van der Waals surface area (Å²) in [6.45, 7) is 0. The van der Waals surface area contributed by atoms with Gasteiger partial charge < -0.3 is 0 Å². The Morgan fingerprint density at radius 3 is 2.33 bits per heavy atom. The summed E-state index contributed by atoms with van der Waals surface area (Å²) in [7, 11) is 1.42. The summed E-state index contributed by atoms with van der Waals surface area (Å²) in [5.74, 6) is 0. The number of benzene rings is 1. The summed E-state index contributed by atoms with van der Waals surface area (Å²) in [6.07, 6.45) is 1.41. The van der Waals surface area contributed by atoms with Crippen molar-refractivity contribution in [1.82, 2.24) is 0 Å². The normalized spacial score (nSPS) is 10.5. The fourth-order valence-corrected chi connectivity index (χ4v) is 3.03. The summed E-state index contributed by atoms with van der Waals surface area (Å²) in [5, 5.41) is 36.0. The lowest BCUT2D eigenvalue weighted by molar-refractivity contribution is -0.421. The standard InChI is InChI=1S/C13H8ClN5O4S/c1-17(16-7-9-4-2-8(6-15)3-5-9)13-11(19(22)23)10(18(20)21)12(14)24-13/h2-5,7H,1H3/b16-7+. The molecule has 0 fully saturated rings. The van der Waals surface area contributed by atoms with Crippen LogP contribution >= 0.6 is 22.9 Å². The van der Waals surface area contributed by atoms with E-state index in [0.717, 1.165) is 5.01 Å². The Morgan fingerprint density at radius 2 is 1.83 bits per heavy atom. The van der Waals surface area contributed by atoms with Crippen molar-refractivity contribution in [3.8, 4) is 6.07 Å². The maximum Gasteiger partial charge on any atom is 0.383 e. The van der Waals surface area contributed by atoms with E-state index in [1.807, 2.05) is 6.07 Å². The second-order valence-electron chi connectivity index (χ2n) is 4.39. The van der Waals surface area contributed by atoms with Gasteiger partial charge in [0.15, 0.2) is 9.34 Å². The minimum Gasteiger partial charge on any atom is -0.258 e. The molecule has 1 aromatic carbocycles. The minimum atomic E-state index is -0.890. The van der Waals surface area contributed by atoms with E-state index in [4.69, 9.17) is 16.9 Å². The Labute approximate surface area is 144 Å². The molecule has 0 aliphatic rings. The van der Waals surface area contributed by atoms with E-state index in [1.165, 1.54) is 13.3 Å². The number of rotatable bonds is 5. The molecular weight excluding hydrogens is 358 g/mol. The van der Waals surface area contributed by atoms with Gasteiger partial charge in [0, 0.05) is 7.05 Å². The van der Waals surface area contributed by atoms with Crippen LogP contribution in [0.2, 0.25) is 4.34 Å². The predicted molar refractivity (Wildman–Crippen MR) is 89.8 cm³/mol. The lowest BCUT2D eigenvalue weighted by Crippen LogP contribution is -2.09. The van der Waals surface area contributed by atoms with Gasteiger partial charge in [0.05, 0.1) is 27.7 Å². The topological polar surface area (TPSA) is 126 Å². The van der Waals surface area contributed by atoms with Crippen molar-refractivity contribution in [3.05, 3.63) is 60.0 Å². The van der Waals surface area contributed by atoms with Gasteiger partial charge in [-0.2, -0.15) is 10.4 Å². The van der Waals surface area contributed by atoms with Crippen LogP contribution in [-0.2, 0) is 0 Å². The number of hydrogen-bond acceptors (Lipinski definition) is 8. The fourth-order valence-electron chi connectivity index (χ4n) is 1.77. The van der Waals surface area contributed by atoms with E-state index in [0.29, 0.717) is 22.5 Å². The minimum absolute atomic E-state index is 0.0541. The van der Waals surface area contributed by atoms with E-state index in [-0.39, 0.29) is 9.34 Å². The van der Waals surface area contributed by atoms with Gasteiger partial charge in [0.1, 0.15) is 0 Å². The molecule has 24 heavy (non-hydrogen) atoms. The summed E-state index contributed by atoms with van der Waals surface area (Å²) in [6, 6.07) is 8.46. The van der Waals surface area contributed by atoms with Gasteiger partial charge in [-0.1, -0.05) is 35.1 Å². The largest absolute Gasteiger partial charge is 0.383 e. The highest BCUT2D eigenvalue weighted by Crippen LogP contribution is 2.49. The number of hydrogen-bond donors (Lipinski definition) is 0. The molecule has 0 N–H and O–H groups in total. The lowest BCUT2D eigenvalue weighted by atomic mass is 10.2. The third kappa shape index (κ3) is 3.48. The molecule has 2 aromatic rings. The van der Waals surface area contributed by atoms with Crippen LogP contribution in [0.15, 0.2) is 29.4 Å². The van der Waals surface area contributed by atoms with Gasteiger partial charge >= 0.3 is 11.4 Å². The van der Waals surface area contributed by atoms with Crippen LogP contribution in [0, 0.1) is 31.6 Å². The summed E-state index contributed by atoms with van der Waals surface area (Å²) in [4.78, 5) is 20.4. The highest BCUT2D eigenvalue weighted by atomic mass is 35.5. The van der Waals surface area contributed by atoms with Crippen molar-refractivity contribution in [3.63, 3.8) is 0 Å². The smallest absolute Gasteiger partial charge is 0.258 e. The van der Waals surface area contributed by atoms with E-state index in [2.05, 4.69) is 5.10 Å². The molecular formula is C13H8ClN5O4S. The molecule has 0 aliphatic carbocycles. The highest BCUT2D eigenvalue weighted by Gasteiger charge is 2.37. The zero-order valence-electron chi connectivity index (χ0n) is 12.0. The van der Waals surface area contributed by atoms with Crippen molar-refractivity contribution in [2.45, 2.75) is 0 Å². The SMILES string of the molecule is CN(/N=C/c1ccc(C#N)cc1)c1sc(Cl)c([N+](=O)[O-])c1[N+](=O)[O-]. The first kappa shape index (κ1) is 17.3. The summed E-state index contributed by atoms with van der Waals surface area (Å²) >= 11 is 6.45. The number of halogens is 1. The van der Waals surface area contributed by atoms with Gasteiger partial charge in [-0.05, 0) is 17.7 Å². The molecule has 11 heteroatoms. The van der Waals surface area contributed by atoms with Crippen molar-refractivity contribution in [2.24, 2.45) is 5.10 Å². The van der Waals surface area contributed by atoms with Gasteiger partial charge in [-0.15, -0.1) is 0 Å². The van der Waals surface area contributed by atoms with Crippen LogP contribution in [0.1, 0.15) is 11.1 Å². The van der Waals surface area contributed by atoms with Gasteiger partial charge in [-0.3, -0.25) is 25.2 Å². The monoisotopic (exact) mass is 365 g/mol. The average Bonchev–Trinajstić information content (AvgIpc) is 2.91. The third-order valence-electron chi connectivity index (χ3n) is 2.88. The molecule has 9 nitrogen and oxygen atoms in total. The van der Waals surface area contributed by atoms with E-state index >= 15 is 0 Å². The Hall–Kier alpha value is -3.03. The maximum atomic E-state index is 11.1. The number of thiophene rings is 1. The number of hydrazone groups is 1. The molecule has 0 radical (unpaired) electrons. The lowest BCUT2D eigenvalue weighted by Gasteiger charge is -2.08. The first-order valence-electron chi connectivity index (χ1n) is 6.24. The molecule has 0 unspecified atom stereocenters. The first-order valence-corrected chi connectivity index (χ1v) is 7.43. The van der Waals surface area contributed by atoms with Crippen molar-refractivity contribution < 1.29 is 9.85 Å². The Balaban J connectivity index is 2.35. The summed E-state index contributed by atoms with van der Waals surface area (Å²) in [5.41, 5.74) is -0.311. The second kappa shape index (κ2) is 7.03. The number of nitriles is 1. The molecule has 1 aromatic heterocycles. The second-order valence-corrected chi connectivity index (χ2v) is 6.00. The number of nitro groups is 2. The molecule has 0 aliphatic heterocycles. The Morgan fingerprint density at radius 1 is 1.25 bits per heavy atom. The highest BCUT2D eigenvalue weighted by molar-refractivity contribution is 7.21. The molecule has 0 amide bonds. The van der Waals surface area contributed by atoms with Crippen molar-refractivity contribution in [2.75, 3.05) is 12.1 Å². The third-order valence-corrected chi connectivity index (χ3v) is 4.31. The van der Waals surface area contributed by atoms with Gasteiger partial charge in [0.25, 0.3) is 0 Å². The Kier molecular flexibility index (Phi) is 5.08. The average molecular weight is 366 g/mol. The van der Waals surface area contributed by atoms with Crippen LogP contribution in [0.25, 0.3) is 0 Å². The van der Waals surface area contributed by atoms with E-state index in [1.54, 1.807) is 24.3 Å². The summed E-state index contributed by atoms with van der Waals surface area (Å²) < 4.78 is -0.290. The molecule has 0 saturated heterocycles. The zero-order valence-corrected chi connectivity index (χ0v) is 13.6. The predicted octanol–water partition coefficient (Wildman–Crippen LogP) is 3.56. The zero-order chi connectivity index (χ0) is 17.9. The van der Waals surface area contributed by atoms with E-state index in [9.17, 15) is 20.2 Å². The molecule has 1 heterocycles. The van der Waals surface area contributed by atoms with Crippen LogP contribution < -0.4 is 5.01 Å². The van der Waals surface area contributed by atoms with Gasteiger partial charge in [0.2, 0.25) is 0 Å². The van der Waals surface area contributed by atoms with Crippen molar-refractivity contribution >= 4 is 45.5 Å². The van der Waals surface area contributed by atoms with Crippen molar-refractivity contribution in [1.29, 1.82) is 5.26 Å². The first-order chi connectivity index (χ1) is 11.3. The van der Waals surface area contributed by atoms with Crippen LogP contribution in [0.3, 0.4) is 0 Å². The molecule has 0 bridgehead atoms. The maximum absolute atomic E-state index is 11.1. The molecule has 0 atom stereocenters. The van der Waals surface area contributed by atoms with Gasteiger partial charge in [-0.25, -0.2) is 0 Å².